The molecule has 0 bridgehead atoms. The lowest BCUT2D eigenvalue weighted by atomic mass is 9.94. The average Bonchev–Trinajstić information content (AvgIpc) is 3.23. The normalized spacial score (nSPS) is 23.1. The van der Waals surface area contributed by atoms with Crippen molar-refractivity contribution in [2.45, 2.75) is 69.9 Å². The zero-order valence-electron chi connectivity index (χ0n) is 12.3. The molecule has 0 heterocycles. The highest BCUT2D eigenvalue weighted by Crippen LogP contribution is 2.41. The summed E-state index contributed by atoms with van der Waals surface area (Å²) >= 11 is 0. The second kappa shape index (κ2) is 6.71. The van der Waals surface area contributed by atoms with Gasteiger partial charge in [0.25, 0.3) is 0 Å². The third-order valence-corrected chi connectivity index (χ3v) is 4.84. The summed E-state index contributed by atoms with van der Waals surface area (Å²) in [5.41, 5.74) is 1.27. The fourth-order valence-corrected chi connectivity index (χ4v) is 3.48. The van der Waals surface area contributed by atoms with Crippen LogP contribution >= 0.6 is 0 Å². The van der Waals surface area contributed by atoms with Gasteiger partial charge in [0.15, 0.2) is 0 Å². The highest BCUT2D eigenvalue weighted by Gasteiger charge is 2.33. The molecule has 0 aromatic heterocycles. The molecule has 1 nitrogen and oxygen atoms in total. The van der Waals surface area contributed by atoms with Crippen molar-refractivity contribution in [3.05, 3.63) is 35.6 Å². The number of hydrogen-bond donors (Lipinski definition) is 1. The smallest absolute Gasteiger partial charge is 0.123 e. The van der Waals surface area contributed by atoms with E-state index < -0.39 is 0 Å². The van der Waals surface area contributed by atoms with Gasteiger partial charge in [0.1, 0.15) is 5.82 Å². The van der Waals surface area contributed by atoms with E-state index in [2.05, 4.69) is 5.32 Å². The molecule has 0 saturated heterocycles. The second-order valence-corrected chi connectivity index (χ2v) is 6.58. The summed E-state index contributed by atoms with van der Waals surface area (Å²) < 4.78 is 13.1. The van der Waals surface area contributed by atoms with E-state index in [9.17, 15) is 4.39 Å². The Bertz CT molecular complexity index is 402. The predicted octanol–water partition coefficient (Wildman–Crippen LogP) is 4.98. The Balaban J connectivity index is 1.65. The molecule has 1 aromatic rings. The number of hydrogen-bond acceptors (Lipinski definition) is 1. The van der Waals surface area contributed by atoms with Crippen LogP contribution in [0.15, 0.2) is 24.3 Å². The van der Waals surface area contributed by atoms with Crippen LogP contribution in [0.1, 0.15) is 69.4 Å². The maximum atomic E-state index is 13.1. The quantitative estimate of drug-likeness (QED) is 0.817. The molecular formula is C18H26FN. The number of halogens is 1. The molecule has 3 rings (SSSR count). The van der Waals surface area contributed by atoms with E-state index in [0.29, 0.717) is 12.1 Å². The van der Waals surface area contributed by atoms with Gasteiger partial charge < -0.3 is 5.32 Å². The number of benzene rings is 1. The first-order valence-corrected chi connectivity index (χ1v) is 8.34. The van der Waals surface area contributed by atoms with Crippen molar-refractivity contribution < 1.29 is 4.39 Å². The minimum absolute atomic E-state index is 0.130. The third kappa shape index (κ3) is 3.82. The minimum Gasteiger partial charge on any atom is -0.307 e. The van der Waals surface area contributed by atoms with Crippen LogP contribution in [0.4, 0.5) is 4.39 Å². The molecule has 1 N–H and O–H groups in total. The molecule has 20 heavy (non-hydrogen) atoms. The molecule has 110 valence electrons. The van der Waals surface area contributed by atoms with Gasteiger partial charge in [-0.3, -0.25) is 0 Å². The summed E-state index contributed by atoms with van der Waals surface area (Å²) in [4.78, 5) is 0. The Hall–Kier alpha value is -0.890. The third-order valence-electron chi connectivity index (χ3n) is 4.84. The van der Waals surface area contributed by atoms with Crippen molar-refractivity contribution in [3.63, 3.8) is 0 Å². The zero-order chi connectivity index (χ0) is 13.8. The number of nitrogens with one attached hydrogen (secondary N) is 1. The molecular weight excluding hydrogens is 249 g/mol. The molecule has 0 radical (unpaired) electrons. The van der Waals surface area contributed by atoms with Gasteiger partial charge in [-0.25, -0.2) is 4.39 Å². The lowest BCUT2D eigenvalue weighted by Crippen LogP contribution is -2.34. The number of rotatable bonds is 4. The molecule has 2 saturated carbocycles. The van der Waals surface area contributed by atoms with Gasteiger partial charge in [0.2, 0.25) is 0 Å². The highest BCUT2D eigenvalue weighted by atomic mass is 19.1. The van der Waals surface area contributed by atoms with Crippen LogP contribution in [-0.2, 0) is 0 Å². The molecule has 1 unspecified atom stereocenters. The van der Waals surface area contributed by atoms with Gasteiger partial charge in [-0.05, 0) is 49.3 Å². The first-order valence-electron chi connectivity index (χ1n) is 8.34. The standard InChI is InChI=1S/C18H26FN/c19-16-12-10-15(11-13-16)18(14-8-9-14)20-17-6-4-2-1-3-5-7-17/h10-14,17-18,20H,1-9H2. The first kappa shape index (κ1) is 14.1. The van der Waals surface area contributed by atoms with E-state index in [4.69, 9.17) is 0 Å². The summed E-state index contributed by atoms with van der Waals surface area (Å²) in [7, 11) is 0. The molecule has 1 atom stereocenters. The van der Waals surface area contributed by atoms with E-state index in [0.717, 1.165) is 5.92 Å². The lowest BCUT2D eigenvalue weighted by Gasteiger charge is -2.27. The van der Waals surface area contributed by atoms with Gasteiger partial charge >= 0.3 is 0 Å². The fourth-order valence-electron chi connectivity index (χ4n) is 3.48. The van der Waals surface area contributed by atoms with Crippen LogP contribution in [0.3, 0.4) is 0 Å². The predicted molar refractivity (Wildman–Crippen MR) is 81.1 cm³/mol. The Kier molecular flexibility index (Phi) is 4.72. The van der Waals surface area contributed by atoms with Crippen molar-refractivity contribution in [2.24, 2.45) is 5.92 Å². The highest BCUT2D eigenvalue weighted by molar-refractivity contribution is 5.22. The van der Waals surface area contributed by atoms with E-state index in [1.54, 1.807) is 12.1 Å². The fraction of sp³-hybridized carbons (Fsp3) is 0.667. The van der Waals surface area contributed by atoms with Crippen LogP contribution in [0.2, 0.25) is 0 Å². The summed E-state index contributed by atoms with van der Waals surface area (Å²) in [6.07, 6.45) is 12.2. The summed E-state index contributed by atoms with van der Waals surface area (Å²) in [5.74, 6) is 0.639. The van der Waals surface area contributed by atoms with Gasteiger partial charge in [-0.1, -0.05) is 44.2 Å². The van der Waals surface area contributed by atoms with Crippen molar-refractivity contribution in [2.75, 3.05) is 0 Å². The molecule has 2 aliphatic rings. The maximum absolute atomic E-state index is 13.1. The van der Waals surface area contributed by atoms with Crippen molar-refractivity contribution in [1.82, 2.24) is 5.32 Å². The van der Waals surface area contributed by atoms with E-state index in [-0.39, 0.29) is 5.82 Å². The zero-order valence-corrected chi connectivity index (χ0v) is 12.3. The van der Waals surface area contributed by atoms with Gasteiger partial charge in [0, 0.05) is 12.1 Å². The van der Waals surface area contributed by atoms with Crippen molar-refractivity contribution in [3.8, 4) is 0 Å². The average molecular weight is 275 g/mol. The molecule has 2 heteroatoms. The Morgan fingerprint density at radius 2 is 1.45 bits per heavy atom. The Labute approximate surface area is 122 Å². The first-order chi connectivity index (χ1) is 9.83. The summed E-state index contributed by atoms with van der Waals surface area (Å²) in [6, 6.07) is 8.24. The largest absolute Gasteiger partial charge is 0.307 e. The van der Waals surface area contributed by atoms with Crippen LogP contribution in [0.25, 0.3) is 0 Å². The van der Waals surface area contributed by atoms with Gasteiger partial charge in [0.05, 0.1) is 0 Å². The summed E-state index contributed by atoms with van der Waals surface area (Å²) in [6.45, 7) is 0. The van der Waals surface area contributed by atoms with E-state index in [1.165, 1.54) is 63.4 Å². The van der Waals surface area contributed by atoms with Crippen LogP contribution in [-0.4, -0.2) is 6.04 Å². The van der Waals surface area contributed by atoms with Crippen molar-refractivity contribution >= 4 is 0 Å². The van der Waals surface area contributed by atoms with E-state index in [1.807, 2.05) is 12.1 Å². The molecule has 0 amide bonds. The van der Waals surface area contributed by atoms with E-state index >= 15 is 0 Å². The van der Waals surface area contributed by atoms with Crippen LogP contribution in [0, 0.1) is 11.7 Å². The van der Waals surface area contributed by atoms with Gasteiger partial charge in [-0.2, -0.15) is 0 Å². The molecule has 1 aromatic carbocycles. The monoisotopic (exact) mass is 275 g/mol. The SMILES string of the molecule is Fc1ccc(C(NC2CCCCCCC2)C2CC2)cc1. The maximum Gasteiger partial charge on any atom is 0.123 e. The minimum atomic E-state index is -0.130. The lowest BCUT2D eigenvalue weighted by molar-refractivity contribution is 0.337. The summed E-state index contributed by atoms with van der Waals surface area (Å²) in [5, 5.41) is 3.90. The topological polar surface area (TPSA) is 12.0 Å². The molecule has 2 fully saturated rings. The Morgan fingerprint density at radius 1 is 0.850 bits per heavy atom. The molecule has 2 aliphatic carbocycles. The second-order valence-electron chi connectivity index (χ2n) is 6.58. The van der Waals surface area contributed by atoms with Crippen LogP contribution in [0.5, 0.6) is 0 Å². The van der Waals surface area contributed by atoms with Gasteiger partial charge in [-0.15, -0.1) is 0 Å². The Morgan fingerprint density at radius 3 is 2.05 bits per heavy atom. The van der Waals surface area contributed by atoms with Crippen LogP contribution < -0.4 is 5.32 Å². The molecule has 0 aliphatic heterocycles. The molecule has 0 spiro atoms. The van der Waals surface area contributed by atoms with Crippen molar-refractivity contribution in [1.29, 1.82) is 0 Å².